The van der Waals surface area contributed by atoms with Gasteiger partial charge in [0.2, 0.25) is 0 Å². The number of anilines is 2. The molecule has 33 heavy (non-hydrogen) atoms. The number of aromatic nitrogens is 1. The second-order valence-electron chi connectivity index (χ2n) is 8.38. The van der Waals surface area contributed by atoms with Gasteiger partial charge in [0.05, 0.1) is 11.9 Å². The number of amides is 1. The number of ketones is 1. The molecule has 4 N–H and O–H groups in total. The molecule has 3 rings (SSSR count). The molecule has 0 aliphatic carbocycles. The number of piperidine rings is 1. The van der Waals surface area contributed by atoms with Gasteiger partial charge >= 0.3 is 0 Å². The van der Waals surface area contributed by atoms with Gasteiger partial charge in [-0.25, -0.2) is 9.37 Å². The molecule has 7 nitrogen and oxygen atoms in total. The zero-order chi connectivity index (χ0) is 24.6. The maximum atomic E-state index is 14.1. The summed E-state index contributed by atoms with van der Waals surface area (Å²) in [5.41, 5.74) is 7.90. The van der Waals surface area contributed by atoms with Crippen LogP contribution in [0.2, 0.25) is 0 Å². The second-order valence-corrected chi connectivity index (χ2v) is 8.38. The zero-order valence-corrected chi connectivity index (χ0v) is 20.3. The first-order valence-corrected chi connectivity index (χ1v) is 11.4. The minimum Gasteiger partial charge on any atom is -0.387 e. The maximum absolute atomic E-state index is 14.1. The molecule has 1 amide bonds. The first-order chi connectivity index (χ1) is 15.6. The van der Waals surface area contributed by atoms with Crippen LogP contribution in [0.3, 0.4) is 0 Å². The zero-order valence-electron chi connectivity index (χ0n) is 20.3. The number of halogens is 1. The molecule has 2 heterocycles. The average Bonchev–Trinajstić information content (AvgIpc) is 2.81. The molecule has 0 radical (unpaired) electrons. The van der Waals surface area contributed by atoms with Crippen molar-refractivity contribution in [1.82, 2.24) is 9.88 Å². The molecule has 0 spiro atoms. The van der Waals surface area contributed by atoms with Crippen LogP contribution in [0, 0.1) is 12.7 Å². The van der Waals surface area contributed by atoms with E-state index in [0.717, 1.165) is 55.0 Å². The van der Waals surface area contributed by atoms with Crippen molar-refractivity contribution in [3.05, 3.63) is 53.1 Å². The predicted molar refractivity (Wildman–Crippen MR) is 131 cm³/mol. The third-order valence-electron chi connectivity index (χ3n) is 6.24. The van der Waals surface area contributed by atoms with Crippen molar-refractivity contribution in [3.63, 3.8) is 0 Å². The minimum absolute atomic E-state index is 0.0746. The molecule has 1 unspecified atom stereocenters. The van der Waals surface area contributed by atoms with Crippen LogP contribution < -0.4 is 16.4 Å². The maximum Gasteiger partial charge on any atom is 0.267 e. The Hall–Kier alpha value is -3.00. The SMILES string of the molecule is CCNc1cc(F)cc(C(C)(C(C)=O)N2CCCCC2)c1C.CNc1ccc(C(N)=O)nc1. The molecular weight excluding hydrogens is 421 g/mol. The van der Waals surface area contributed by atoms with Gasteiger partial charge in [-0.2, -0.15) is 0 Å². The summed E-state index contributed by atoms with van der Waals surface area (Å²) in [6.07, 6.45) is 4.95. The van der Waals surface area contributed by atoms with E-state index in [0.29, 0.717) is 0 Å². The van der Waals surface area contributed by atoms with Crippen LogP contribution in [-0.2, 0) is 10.3 Å². The van der Waals surface area contributed by atoms with Crippen LogP contribution in [0.15, 0.2) is 30.5 Å². The summed E-state index contributed by atoms with van der Waals surface area (Å²) < 4.78 is 14.1. The smallest absolute Gasteiger partial charge is 0.267 e. The Bertz CT molecular complexity index is 958. The van der Waals surface area contributed by atoms with Crippen molar-refractivity contribution in [2.24, 2.45) is 5.73 Å². The van der Waals surface area contributed by atoms with Gasteiger partial charge in [0.1, 0.15) is 17.1 Å². The number of nitrogens with two attached hydrogens (primary N) is 1. The van der Waals surface area contributed by atoms with Gasteiger partial charge < -0.3 is 16.4 Å². The fourth-order valence-electron chi connectivity index (χ4n) is 4.17. The molecule has 1 aromatic heterocycles. The minimum atomic E-state index is -0.753. The summed E-state index contributed by atoms with van der Waals surface area (Å²) in [5, 5.41) is 6.08. The number of hydrogen-bond acceptors (Lipinski definition) is 6. The molecule has 2 aromatic rings. The monoisotopic (exact) mass is 457 g/mol. The number of pyridine rings is 1. The summed E-state index contributed by atoms with van der Waals surface area (Å²) in [5.74, 6) is -0.723. The van der Waals surface area contributed by atoms with Crippen molar-refractivity contribution in [2.75, 3.05) is 37.3 Å². The number of likely N-dealkylation sites (tertiary alicyclic amines) is 1. The lowest BCUT2D eigenvalue weighted by Crippen LogP contribution is -2.51. The van der Waals surface area contributed by atoms with Crippen molar-refractivity contribution in [2.45, 2.75) is 52.5 Å². The van der Waals surface area contributed by atoms with Gasteiger partial charge in [-0.3, -0.25) is 14.5 Å². The molecule has 8 heteroatoms. The van der Waals surface area contributed by atoms with Gasteiger partial charge in [0.25, 0.3) is 5.91 Å². The lowest BCUT2D eigenvalue weighted by molar-refractivity contribution is -0.129. The van der Waals surface area contributed by atoms with Crippen LogP contribution in [-0.4, -0.2) is 48.3 Å². The van der Waals surface area contributed by atoms with E-state index < -0.39 is 11.4 Å². The lowest BCUT2D eigenvalue weighted by Gasteiger charge is -2.43. The van der Waals surface area contributed by atoms with E-state index in [2.05, 4.69) is 20.5 Å². The summed E-state index contributed by atoms with van der Waals surface area (Å²) in [6, 6.07) is 6.37. The van der Waals surface area contributed by atoms with Crippen molar-refractivity contribution in [3.8, 4) is 0 Å². The highest BCUT2D eigenvalue weighted by Crippen LogP contribution is 2.37. The van der Waals surface area contributed by atoms with Crippen LogP contribution in [0.25, 0.3) is 0 Å². The van der Waals surface area contributed by atoms with Crippen molar-refractivity contribution < 1.29 is 14.0 Å². The molecule has 1 saturated heterocycles. The van der Waals surface area contributed by atoms with Crippen molar-refractivity contribution >= 4 is 23.1 Å². The topological polar surface area (TPSA) is 100 Å². The summed E-state index contributed by atoms with van der Waals surface area (Å²) in [4.78, 5) is 29.1. The number of primary amides is 1. The Morgan fingerprint density at radius 2 is 1.88 bits per heavy atom. The van der Waals surface area contributed by atoms with E-state index in [1.54, 1.807) is 32.3 Å². The van der Waals surface area contributed by atoms with Crippen molar-refractivity contribution in [1.29, 1.82) is 0 Å². The summed E-state index contributed by atoms with van der Waals surface area (Å²) >= 11 is 0. The van der Waals surface area contributed by atoms with E-state index in [4.69, 9.17) is 5.73 Å². The average molecular weight is 458 g/mol. The summed E-state index contributed by atoms with van der Waals surface area (Å²) in [7, 11) is 1.78. The largest absolute Gasteiger partial charge is 0.387 e. The van der Waals surface area contributed by atoms with Gasteiger partial charge in [0.15, 0.2) is 5.78 Å². The number of carbonyl (C=O) groups excluding carboxylic acids is 2. The van der Waals surface area contributed by atoms with Gasteiger partial charge in [-0.15, -0.1) is 0 Å². The molecule has 1 aliphatic heterocycles. The molecular formula is C25H36FN5O2. The van der Waals surface area contributed by atoms with E-state index in [1.165, 1.54) is 18.6 Å². The Kier molecular flexibility index (Phi) is 9.34. The number of benzene rings is 1. The molecule has 1 fully saturated rings. The quantitative estimate of drug-likeness (QED) is 0.579. The predicted octanol–water partition coefficient (Wildman–Crippen LogP) is 4.08. The molecule has 1 aliphatic rings. The Balaban J connectivity index is 0.000000294. The highest BCUT2D eigenvalue weighted by Gasteiger charge is 2.40. The van der Waals surface area contributed by atoms with Gasteiger partial charge in [-0.05, 0) is 89.0 Å². The molecule has 1 aromatic carbocycles. The molecule has 180 valence electrons. The van der Waals surface area contributed by atoms with Crippen LogP contribution in [0.1, 0.15) is 61.6 Å². The molecule has 0 bridgehead atoms. The normalized spacial score (nSPS) is 15.6. The molecule has 1 atom stereocenters. The molecule has 0 saturated carbocycles. The number of carbonyl (C=O) groups is 2. The number of Topliss-reactive ketones (excluding diaryl/α,β-unsaturated/α-hetero) is 1. The fraction of sp³-hybridized carbons (Fsp3) is 0.480. The van der Waals surface area contributed by atoms with E-state index in [9.17, 15) is 14.0 Å². The van der Waals surface area contributed by atoms with E-state index >= 15 is 0 Å². The highest BCUT2D eigenvalue weighted by molar-refractivity contribution is 5.90. The third kappa shape index (κ3) is 6.28. The third-order valence-corrected chi connectivity index (χ3v) is 6.24. The number of nitrogens with zero attached hydrogens (tertiary/aromatic N) is 2. The Labute approximate surface area is 196 Å². The second kappa shape index (κ2) is 11.7. The van der Waals surface area contributed by atoms with E-state index in [-0.39, 0.29) is 17.3 Å². The standard InChI is InChI=1S/C18H27FN2O.C7H9N3O/c1-5-20-17-12-15(19)11-16(13(17)2)18(4,14(3)22)21-9-7-6-8-10-21;1-9-5-2-3-6(7(8)11)10-4-5/h11-12,20H,5-10H2,1-4H3;2-4,9H,1H3,(H2,8,11). The Morgan fingerprint density at radius 3 is 2.36 bits per heavy atom. The van der Waals surface area contributed by atoms with Gasteiger partial charge in [0, 0.05) is 19.3 Å². The Morgan fingerprint density at radius 1 is 1.21 bits per heavy atom. The first kappa shape index (κ1) is 26.3. The summed E-state index contributed by atoms with van der Waals surface area (Å²) in [6.45, 7) is 10.0. The fourth-order valence-corrected chi connectivity index (χ4v) is 4.17. The van der Waals surface area contributed by atoms with E-state index in [1.807, 2.05) is 20.8 Å². The van der Waals surface area contributed by atoms with Gasteiger partial charge in [-0.1, -0.05) is 6.42 Å². The number of hydrogen-bond donors (Lipinski definition) is 3. The van der Waals surface area contributed by atoms with Crippen LogP contribution >= 0.6 is 0 Å². The lowest BCUT2D eigenvalue weighted by atomic mass is 9.82. The van der Waals surface area contributed by atoms with Crippen LogP contribution in [0.4, 0.5) is 15.8 Å². The van der Waals surface area contributed by atoms with Crippen LogP contribution in [0.5, 0.6) is 0 Å². The highest BCUT2D eigenvalue weighted by atomic mass is 19.1. The number of nitrogens with one attached hydrogen (secondary N) is 2. The first-order valence-electron chi connectivity index (χ1n) is 11.4. The number of rotatable bonds is 7.